The van der Waals surface area contributed by atoms with Crippen LogP contribution in [-0.2, 0) is 13.0 Å². The van der Waals surface area contributed by atoms with Gasteiger partial charge in [0.05, 0.1) is 22.8 Å². The molecule has 1 aliphatic carbocycles. The van der Waals surface area contributed by atoms with Gasteiger partial charge < -0.3 is 9.64 Å². The van der Waals surface area contributed by atoms with Crippen molar-refractivity contribution in [3.8, 4) is 5.75 Å². The van der Waals surface area contributed by atoms with Crippen molar-refractivity contribution in [3.63, 3.8) is 0 Å². The van der Waals surface area contributed by atoms with E-state index in [1.165, 1.54) is 72.3 Å². The fraction of sp³-hybridized carbons (Fsp3) is 0.324. The van der Waals surface area contributed by atoms with Crippen molar-refractivity contribution in [1.82, 2.24) is 0 Å². The molecule has 0 N–H and O–H groups in total. The van der Waals surface area contributed by atoms with Crippen molar-refractivity contribution in [2.45, 2.75) is 64.3 Å². The summed E-state index contributed by atoms with van der Waals surface area (Å²) in [7, 11) is 1.67. The van der Waals surface area contributed by atoms with Gasteiger partial charge in [0.2, 0.25) is 5.52 Å². The Morgan fingerprint density at radius 2 is 1.88 bits per heavy atom. The standard InChI is InChI=1S/C34H36ClN2OS2/c1-5-36-28-20-27(35)29(38-4)21-30(28)39-32(36)15-7-12-24-10-6-11-25(23(24)3)13-8-16-33-37-17-9-14-26-18-22(2)19-31(40-33)34(26)37/h7-8,12-13,15-16,18-21H,5-6,9-11,14,17H2,1-4H3/q+1. The summed E-state index contributed by atoms with van der Waals surface area (Å²) < 4.78 is 9.38. The number of ether oxygens (including phenoxy) is 1. The third-order valence-corrected chi connectivity index (χ3v) is 10.6. The topological polar surface area (TPSA) is 16.4 Å². The molecule has 3 aliphatic rings. The molecule has 0 saturated heterocycles. The number of thioether (sulfide) groups is 1. The molecule has 3 heterocycles. The van der Waals surface area contributed by atoms with Crippen molar-refractivity contribution in [2.75, 3.05) is 18.6 Å². The Bertz CT molecular complexity index is 1640. The fourth-order valence-corrected chi connectivity index (χ4v) is 8.75. The predicted octanol–water partition coefficient (Wildman–Crippen LogP) is 9.58. The van der Waals surface area contributed by atoms with Gasteiger partial charge in [-0.25, -0.2) is 0 Å². The lowest BCUT2D eigenvalue weighted by molar-refractivity contribution is -0.671. The van der Waals surface area contributed by atoms with E-state index in [2.05, 4.69) is 78.8 Å². The molecule has 3 aromatic rings. The molecule has 0 saturated carbocycles. The molecule has 3 nitrogen and oxygen atoms in total. The molecule has 6 heteroatoms. The number of thiazole rings is 1. The highest BCUT2D eigenvalue weighted by atomic mass is 35.5. The van der Waals surface area contributed by atoms with Gasteiger partial charge in [0.25, 0.3) is 5.01 Å². The number of nitrogens with zero attached hydrogens (tertiary/aromatic N) is 2. The van der Waals surface area contributed by atoms with E-state index in [1.807, 2.05) is 23.5 Å². The highest BCUT2D eigenvalue weighted by Gasteiger charge is 2.27. The molecule has 0 bridgehead atoms. The molecule has 0 unspecified atom stereocenters. The summed E-state index contributed by atoms with van der Waals surface area (Å²) >= 11 is 10.1. The lowest BCUT2D eigenvalue weighted by atomic mass is 9.87. The first-order chi connectivity index (χ1) is 19.5. The molecule has 1 aromatic heterocycles. The number of hydrogen-bond acceptors (Lipinski definition) is 4. The number of aromatic nitrogens is 1. The van der Waals surface area contributed by atoms with Gasteiger partial charge in [-0.1, -0.05) is 59.0 Å². The van der Waals surface area contributed by atoms with Crippen molar-refractivity contribution in [1.29, 1.82) is 0 Å². The minimum atomic E-state index is 0.652. The average molecular weight is 588 g/mol. The fourth-order valence-electron chi connectivity index (χ4n) is 6.11. The summed E-state index contributed by atoms with van der Waals surface area (Å²) in [6.07, 6.45) is 19.6. The molecule has 0 radical (unpaired) electrons. The Morgan fingerprint density at radius 3 is 2.70 bits per heavy atom. The Kier molecular flexibility index (Phi) is 7.98. The minimum Gasteiger partial charge on any atom is -0.495 e. The van der Waals surface area contributed by atoms with Crippen LogP contribution in [0.4, 0.5) is 5.69 Å². The van der Waals surface area contributed by atoms with Crippen LogP contribution in [0, 0.1) is 6.92 Å². The Hall–Kier alpha value is -2.73. The number of allylic oxidation sites excluding steroid dienone is 8. The van der Waals surface area contributed by atoms with Crippen LogP contribution in [-0.4, -0.2) is 13.7 Å². The van der Waals surface area contributed by atoms with Gasteiger partial charge in [0.15, 0.2) is 6.54 Å². The Balaban J connectivity index is 1.21. The number of rotatable bonds is 6. The van der Waals surface area contributed by atoms with Crippen LogP contribution in [0.2, 0.25) is 5.02 Å². The van der Waals surface area contributed by atoms with Crippen molar-refractivity contribution < 1.29 is 9.30 Å². The normalized spacial score (nSPS) is 19.3. The maximum Gasteiger partial charge on any atom is 0.262 e. The van der Waals surface area contributed by atoms with Crippen LogP contribution in [0.3, 0.4) is 0 Å². The summed E-state index contributed by atoms with van der Waals surface area (Å²) in [5, 5.41) is 3.23. The first-order valence-corrected chi connectivity index (χ1v) is 16.2. The van der Waals surface area contributed by atoms with E-state index in [1.54, 1.807) is 18.9 Å². The van der Waals surface area contributed by atoms with Crippen LogP contribution in [0.25, 0.3) is 16.3 Å². The zero-order valence-corrected chi connectivity index (χ0v) is 26.1. The maximum atomic E-state index is 6.42. The van der Waals surface area contributed by atoms with E-state index >= 15 is 0 Å². The molecule has 206 valence electrons. The van der Waals surface area contributed by atoms with Crippen LogP contribution >= 0.6 is 34.7 Å². The van der Waals surface area contributed by atoms with Crippen LogP contribution < -0.4 is 14.2 Å². The lowest BCUT2D eigenvalue weighted by Crippen LogP contribution is -2.38. The number of anilines is 1. The zero-order valence-electron chi connectivity index (χ0n) is 23.7. The molecule has 40 heavy (non-hydrogen) atoms. The maximum absolute atomic E-state index is 6.42. The third-order valence-electron chi connectivity index (χ3n) is 8.13. The van der Waals surface area contributed by atoms with Gasteiger partial charge in [-0.15, -0.1) is 0 Å². The number of fused-ring (bicyclic) bond motifs is 1. The summed E-state index contributed by atoms with van der Waals surface area (Å²) in [6.45, 7) is 8.69. The van der Waals surface area contributed by atoms with Gasteiger partial charge in [-0.05, 0) is 99.1 Å². The van der Waals surface area contributed by atoms with E-state index in [4.69, 9.17) is 16.3 Å². The van der Waals surface area contributed by atoms with Crippen molar-refractivity contribution in [3.05, 3.63) is 97.6 Å². The number of methoxy groups -OCH3 is 1. The molecule has 0 fully saturated rings. The second-order valence-electron chi connectivity index (χ2n) is 10.7. The van der Waals surface area contributed by atoms with Crippen molar-refractivity contribution in [2.24, 2.45) is 0 Å². The van der Waals surface area contributed by atoms with Gasteiger partial charge in [-0.3, -0.25) is 0 Å². The lowest BCUT2D eigenvalue weighted by Gasteiger charge is -2.19. The third kappa shape index (κ3) is 5.20. The predicted molar refractivity (Wildman–Crippen MR) is 173 cm³/mol. The van der Waals surface area contributed by atoms with Gasteiger partial charge in [0.1, 0.15) is 10.4 Å². The largest absolute Gasteiger partial charge is 0.495 e. The number of hydrogen-bond donors (Lipinski definition) is 0. The quantitative estimate of drug-likeness (QED) is 0.267. The Labute approximate surface area is 251 Å². The number of aryl methyl sites for hydroxylation is 3. The van der Waals surface area contributed by atoms with Crippen LogP contribution in [0.15, 0.2) is 81.3 Å². The second kappa shape index (κ2) is 11.6. The number of halogens is 1. The molecule has 6 rings (SSSR count). The zero-order chi connectivity index (χ0) is 27.8. The van der Waals surface area contributed by atoms with E-state index in [9.17, 15) is 0 Å². The summed E-state index contributed by atoms with van der Waals surface area (Å²) in [6, 6.07) is 8.78. The first-order valence-electron chi connectivity index (χ1n) is 14.2. The number of benzene rings is 2. The highest BCUT2D eigenvalue weighted by molar-refractivity contribution is 8.03. The van der Waals surface area contributed by atoms with E-state index in [0.29, 0.717) is 5.02 Å². The molecule has 2 aromatic carbocycles. The van der Waals surface area contributed by atoms with Crippen LogP contribution in [0.5, 0.6) is 5.75 Å². The molecular formula is C34H36ClN2OS2+. The smallest absolute Gasteiger partial charge is 0.262 e. The van der Waals surface area contributed by atoms with Crippen molar-refractivity contribution >= 4 is 56.7 Å². The summed E-state index contributed by atoms with van der Waals surface area (Å²) in [5.41, 5.74) is 9.79. The van der Waals surface area contributed by atoms with Crippen LogP contribution in [0.1, 0.15) is 55.7 Å². The SMILES string of the molecule is CCN1C(=CC=CC2=C(C)C(=CC=Cc3sc4cc(C)cc5c4[n+]3CCC5)CCC2)Sc2cc(OC)c(Cl)cc21. The molecule has 2 aliphatic heterocycles. The molecule has 0 spiro atoms. The molecule has 0 atom stereocenters. The Morgan fingerprint density at radius 1 is 1.02 bits per heavy atom. The molecule has 0 amide bonds. The van der Waals surface area contributed by atoms with E-state index in [-0.39, 0.29) is 0 Å². The minimum absolute atomic E-state index is 0.652. The first kappa shape index (κ1) is 27.4. The molecular weight excluding hydrogens is 552 g/mol. The van der Waals surface area contributed by atoms with Gasteiger partial charge in [0, 0.05) is 29.5 Å². The van der Waals surface area contributed by atoms with E-state index < -0.39 is 0 Å². The van der Waals surface area contributed by atoms with E-state index in [0.717, 1.165) is 37.4 Å². The van der Waals surface area contributed by atoms with Gasteiger partial charge in [-0.2, -0.15) is 4.57 Å². The van der Waals surface area contributed by atoms with Gasteiger partial charge >= 0.3 is 0 Å². The average Bonchev–Trinajstić information content (AvgIpc) is 3.47. The highest BCUT2D eigenvalue weighted by Crippen LogP contribution is 2.49. The monoisotopic (exact) mass is 587 g/mol. The summed E-state index contributed by atoms with van der Waals surface area (Å²) in [4.78, 5) is 3.50. The summed E-state index contributed by atoms with van der Waals surface area (Å²) in [5.74, 6) is 0.724. The second-order valence-corrected chi connectivity index (χ2v) is 13.2.